The minimum atomic E-state index is 0.368. The van der Waals surface area contributed by atoms with Gasteiger partial charge < -0.3 is 15.4 Å². The molecule has 0 aliphatic carbocycles. The van der Waals surface area contributed by atoms with Crippen molar-refractivity contribution in [1.29, 1.82) is 0 Å². The van der Waals surface area contributed by atoms with Gasteiger partial charge in [-0.25, -0.2) is 0 Å². The number of methoxy groups -OCH3 is 1. The Balaban J connectivity index is 1.87. The van der Waals surface area contributed by atoms with Crippen LogP contribution in [-0.4, -0.2) is 26.2 Å². The number of ether oxygens (including phenoxy) is 1. The summed E-state index contributed by atoms with van der Waals surface area (Å²) < 4.78 is 5.24. The Morgan fingerprint density at radius 1 is 1.53 bits per heavy atom. The van der Waals surface area contributed by atoms with E-state index in [0.717, 1.165) is 12.3 Å². The van der Waals surface area contributed by atoms with Gasteiger partial charge in [-0.15, -0.1) is 0 Å². The van der Waals surface area contributed by atoms with E-state index in [1.165, 1.54) is 24.9 Å². The molecule has 2 N–H and O–H groups in total. The highest BCUT2D eigenvalue weighted by Gasteiger charge is 2.15. The van der Waals surface area contributed by atoms with Crippen molar-refractivity contribution in [2.75, 3.05) is 20.2 Å². The van der Waals surface area contributed by atoms with E-state index in [1.54, 1.807) is 7.11 Å². The Morgan fingerprint density at radius 3 is 3.12 bits per heavy atom. The van der Waals surface area contributed by atoms with Crippen molar-refractivity contribution in [2.24, 2.45) is 0 Å². The molecule has 3 nitrogen and oxygen atoms in total. The highest BCUT2D eigenvalue weighted by molar-refractivity contribution is 5.30. The first-order chi connectivity index (χ1) is 8.29. The summed E-state index contributed by atoms with van der Waals surface area (Å²) in [6.07, 6.45) is 2.59. The van der Waals surface area contributed by atoms with Gasteiger partial charge in [0, 0.05) is 18.6 Å². The zero-order chi connectivity index (χ0) is 12.1. The van der Waals surface area contributed by atoms with Crippen molar-refractivity contribution >= 4 is 0 Å². The molecule has 1 saturated heterocycles. The summed E-state index contributed by atoms with van der Waals surface area (Å²) in [5, 5.41) is 7.07. The molecule has 1 aliphatic heterocycles. The van der Waals surface area contributed by atoms with E-state index in [1.807, 2.05) is 12.1 Å². The minimum absolute atomic E-state index is 0.368. The van der Waals surface area contributed by atoms with Gasteiger partial charge in [-0.1, -0.05) is 12.1 Å². The third-order valence-corrected chi connectivity index (χ3v) is 3.43. The predicted octanol–water partition coefficient (Wildman–Crippen LogP) is 2.10. The summed E-state index contributed by atoms with van der Waals surface area (Å²) in [6, 6.07) is 9.27. The van der Waals surface area contributed by atoms with Crippen LogP contribution in [0.3, 0.4) is 0 Å². The summed E-state index contributed by atoms with van der Waals surface area (Å²) in [5.41, 5.74) is 1.28. The van der Waals surface area contributed by atoms with E-state index in [2.05, 4.69) is 29.7 Å². The summed E-state index contributed by atoms with van der Waals surface area (Å²) in [6.45, 7) is 4.40. The molecule has 0 radical (unpaired) electrons. The van der Waals surface area contributed by atoms with Crippen LogP contribution in [-0.2, 0) is 0 Å². The van der Waals surface area contributed by atoms with Gasteiger partial charge in [-0.2, -0.15) is 0 Å². The highest BCUT2D eigenvalue weighted by Crippen LogP contribution is 2.18. The second-order valence-corrected chi connectivity index (χ2v) is 4.70. The quantitative estimate of drug-likeness (QED) is 0.818. The van der Waals surface area contributed by atoms with Crippen molar-refractivity contribution in [1.82, 2.24) is 10.6 Å². The Kier molecular flexibility index (Phi) is 4.40. The van der Waals surface area contributed by atoms with E-state index < -0.39 is 0 Å². The summed E-state index contributed by atoms with van der Waals surface area (Å²) in [4.78, 5) is 0. The molecule has 0 bridgehead atoms. The first-order valence-corrected chi connectivity index (χ1v) is 6.40. The van der Waals surface area contributed by atoms with Crippen molar-refractivity contribution in [3.05, 3.63) is 29.8 Å². The molecular weight excluding hydrogens is 212 g/mol. The van der Waals surface area contributed by atoms with Crippen LogP contribution >= 0.6 is 0 Å². The lowest BCUT2D eigenvalue weighted by molar-refractivity contribution is 0.413. The molecule has 94 valence electrons. The van der Waals surface area contributed by atoms with Gasteiger partial charge >= 0.3 is 0 Å². The molecule has 1 heterocycles. The molecule has 2 rings (SSSR count). The third kappa shape index (κ3) is 3.45. The fraction of sp³-hybridized carbons (Fsp3) is 0.571. The first kappa shape index (κ1) is 12.4. The third-order valence-electron chi connectivity index (χ3n) is 3.43. The van der Waals surface area contributed by atoms with Gasteiger partial charge in [0.2, 0.25) is 0 Å². The molecule has 1 aliphatic rings. The van der Waals surface area contributed by atoms with Crippen LogP contribution in [0.15, 0.2) is 24.3 Å². The van der Waals surface area contributed by atoms with Gasteiger partial charge in [0.15, 0.2) is 0 Å². The van der Waals surface area contributed by atoms with Crippen LogP contribution in [0.1, 0.15) is 31.4 Å². The maximum atomic E-state index is 5.24. The molecule has 0 amide bonds. The zero-order valence-electron chi connectivity index (χ0n) is 10.7. The van der Waals surface area contributed by atoms with E-state index in [4.69, 9.17) is 4.74 Å². The number of hydrogen-bond acceptors (Lipinski definition) is 3. The largest absolute Gasteiger partial charge is 0.497 e. The first-order valence-electron chi connectivity index (χ1n) is 6.40. The van der Waals surface area contributed by atoms with Crippen molar-refractivity contribution in [3.63, 3.8) is 0 Å². The lowest BCUT2D eigenvalue weighted by Crippen LogP contribution is -2.35. The molecule has 1 fully saturated rings. The lowest BCUT2D eigenvalue weighted by Gasteiger charge is -2.18. The molecule has 1 aromatic carbocycles. The van der Waals surface area contributed by atoms with Gasteiger partial charge in [-0.3, -0.25) is 0 Å². The van der Waals surface area contributed by atoms with Gasteiger partial charge in [-0.05, 0) is 44.0 Å². The fourth-order valence-electron chi connectivity index (χ4n) is 2.28. The normalized spacial score (nSPS) is 21.4. The van der Waals surface area contributed by atoms with E-state index in [0.29, 0.717) is 12.1 Å². The van der Waals surface area contributed by atoms with E-state index >= 15 is 0 Å². The second kappa shape index (κ2) is 6.03. The van der Waals surface area contributed by atoms with Gasteiger partial charge in [0.1, 0.15) is 5.75 Å². The zero-order valence-corrected chi connectivity index (χ0v) is 10.7. The Hall–Kier alpha value is -1.06. The average molecular weight is 234 g/mol. The Bertz CT molecular complexity index is 348. The smallest absolute Gasteiger partial charge is 0.119 e. The van der Waals surface area contributed by atoms with Gasteiger partial charge in [0.05, 0.1) is 7.11 Å². The molecule has 2 unspecified atom stereocenters. The maximum absolute atomic E-state index is 5.24. The maximum Gasteiger partial charge on any atom is 0.119 e. The molecule has 3 heteroatoms. The minimum Gasteiger partial charge on any atom is -0.497 e. The molecule has 1 aromatic rings. The fourth-order valence-corrected chi connectivity index (χ4v) is 2.28. The van der Waals surface area contributed by atoms with Crippen LogP contribution in [0.5, 0.6) is 5.75 Å². The molecule has 0 saturated carbocycles. The highest BCUT2D eigenvalue weighted by atomic mass is 16.5. The van der Waals surface area contributed by atoms with E-state index in [9.17, 15) is 0 Å². The van der Waals surface area contributed by atoms with Crippen LogP contribution in [0.2, 0.25) is 0 Å². The van der Waals surface area contributed by atoms with Crippen LogP contribution in [0, 0.1) is 0 Å². The van der Waals surface area contributed by atoms with Crippen molar-refractivity contribution in [2.45, 2.75) is 31.8 Å². The summed E-state index contributed by atoms with van der Waals surface area (Å²) >= 11 is 0. The van der Waals surface area contributed by atoms with Gasteiger partial charge in [0.25, 0.3) is 0 Å². The van der Waals surface area contributed by atoms with Crippen LogP contribution < -0.4 is 15.4 Å². The van der Waals surface area contributed by atoms with Crippen molar-refractivity contribution < 1.29 is 4.74 Å². The predicted molar refractivity (Wildman–Crippen MR) is 70.4 cm³/mol. The lowest BCUT2D eigenvalue weighted by atomic mass is 10.1. The summed E-state index contributed by atoms with van der Waals surface area (Å²) in [5.74, 6) is 0.926. The molecule has 0 spiro atoms. The molecule has 2 atom stereocenters. The van der Waals surface area contributed by atoms with Crippen LogP contribution in [0.25, 0.3) is 0 Å². The standard InChI is InChI=1S/C14H22N2O/c1-11(16-10-13-6-4-8-15-13)12-5-3-7-14(9-12)17-2/h3,5,7,9,11,13,15-16H,4,6,8,10H2,1-2H3. The molecular formula is C14H22N2O. The average Bonchev–Trinajstić information content (AvgIpc) is 2.89. The number of benzene rings is 1. The Morgan fingerprint density at radius 2 is 2.41 bits per heavy atom. The Labute approximate surface area is 104 Å². The topological polar surface area (TPSA) is 33.3 Å². The molecule has 0 aromatic heterocycles. The summed E-state index contributed by atoms with van der Waals surface area (Å²) in [7, 11) is 1.71. The SMILES string of the molecule is COc1cccc(C(C)NCC2CCCN2)c1. The monoisotopic (exact) mass is 234 g/mol. The number of hydrogen-bond donors (Lipinski definition) is 2. The van der Waals surface area contributed by atoms with Crippen LogP contribution in [0.4, 0.5) is 0 Å². The number of rotatable bonds is 5. The second-order valence-electron chi connectivity index (χ2n) is 4.70. The van der Waals surface area contributed by atoms with Crippen molar-refractivity contribution in [3.8, 4) is 5.75 Å². The van der Waals surface area contributed by atoms with E-state index in [-0.39, 0.29) is 0 Å². The number of nitrogens with one attached hydrogen (secondary N) is 2. The molecule has 17 heavy (non-hydrogen) atoms.